The number of carbonyl (C=O) groups is 1. The van der Waals surface area contributed by atoms with Crippen LogP contribution in [-0.2, 0) is 27.5 Å². The minimum Gasteiger partial charge on any atom is -0.363 e. The number of anilines is 1. The van der Waals surface area contributed by atoms with Crippen LogP contribution in [0.5, 0.6) is 0 Å². The SMILES string of the molecule is CN(C)c1cc(CNC(=O)CCNS(=O)(=O)c2ccc(Cl)c(C(F)(F)F)c2)ccn1. The van der Waals surface area contributed by atoms with Crippen LogP contribution in [0, 0.1) is 0 Å². The highest BCUT2D eigenvalue weighted by Crippen LogP contribution is 2.35. The average molecular weight is 465 g/mol. The molecule has 1 heterocycles. The van der Waals surface area contributed by atoms with Gasteiger partial charge >= 0.3 is 6.18 Å². The normalized spacial score (nSPS) is 11.9. The van der Waals surface area contributed by atoms with Gasteiger partial charge in [-0.1, -0.05) is 11.6 Å². The molecule has 0 aliphatic rings. The number of sulfonamides is 1. The van der Waals surface area contributed by atoms with E-state index in [0.717, 1.165) is 23.5 Å². The molecule has 164 valence electrons. The number of benzene rings is 1. The lowest BCUT2D eigenvalue weighted by atomic mass is 10.2. The van der Waals surface area contributed by atoms with Crippen molar-refractivity contribution in [2.45, 2.75) is 24.0 Å². The maximum Gasteiger partial charge on any atom is 0.417 e. The standard InChI is InChI=1S/C18H20ClF3N4O3S/c1-26(2)16-9-12(5-7-23-16)11-24-17(27)6-8-25-30(28,29)13-3-4-15(19)14(10-13)18(20,21)22/h3-5,7,9-10,25H,6,8,11H2,1-2H3,(H,24,27). The molecule has 0 aliphatic heterocycles. The first-order valence-electron chi connectivity index (χ1n) is 8.65. The molecule has 0 bridgehead atoms. The highest BCUT2D eigenvalue weighted by molar-refractivity contribution is 7.89. The number of nitrogens with one attached hydrogen (secondary N) is 2. The summed E-state index contributed by atoms with van der Waals surface area (Å²) < 4.78 is 65.3. The largest absolute Gasteiger partial charge is 0.417 e. The number of pyridine rings is 1. The summed E-state index contributed by atoms with van der Waals surface area (Å²) in [5.74, 6) is 0.295. The van der Waals surface area contributed by atoms with Gasteiger partial charge in [-0.2, -0.15) is 13.2 Å². The zero-order chi connectivity index (χ0) is 22.5. The number of amides is 1. The molecule has 0 atom stereocenters. The fourth-order valence-electron chi connectivity index (χ4n) is 2.38. The lowest BCUT2D eigenvalue weighted by Crippen LogP contribution is -2.30. The minimum absolute atomic E-state index is 0.190. The van der Waals surface area contributed by atoms with Crippen LogP contribution in [-0.4, -0.2) is 39.9 Å². The van der Waals surface area contributed by atoms with Crippen molar-refractivity contribution in [2.75, 3.05) is 25.5 Å². The number of halogens is 4. The molecule has 0 aliphatic carbocycles. The third kappa shape index (κ3) is 6.57. The Kier molecular flexibility index (Phi) is 7.67. The van der Waals surface area contributed by atoms with Gasteiger partial charge in [0.2, 0.25) is 15.9 Å². The molecule has 0 saturated heterocycles. The number of alkyl halides is 3. The second-order valence-corrected chi connectivity index (χ2v) is 8.65. The number of hydrogen-bond donors (Lipinski definition) is 2. The highest BCUT2D eigenvalue weighted by atomic mass is 35.5. The van der Waals surface area contributed by atoms with Crippen molar-refractivity contribution in [2.24, 2.45) is 0 Å². The molecule has 0 fully saturated rings. The van der Waals surface area contributed by atoms with Gasteiger partial charge in [-0.3, -0.25) is 4.79 Å². The van der Waals surface area contributed by atoms with E-state index in [0.29, 0.717) is 6.07 Å². The Hall–Kier alpha value is -2.37. The maximum absolute atomic E-state index is 12.9. The molecule has 30 heavy (non-hydrogen) atoms. The number of nitrogens with zero attached hydrogens (tertiary/aromatic N) is 2. The first-order valence-corrected chi connectivity index (χ1v) is 10.5. The van der Waals surface area contributed by atoms with Gasteiger partial charge in [-0.05, 0) is 35.9 Å². The maximum atomic E-state index is 12.9. The van der Waals surface area contributed by atoms with E-state index in [1.54, 1.807) is 23.2 Å². The lowest BCUT2D eigenvalue weighted by molar-refractivity contribution is -0.137. The van der Waals surface area contributed by atoms with Crippen LogP contribution in [0.4, 0.5) is 19.0 Å². The van der Waals surface area contributed by atoms with Crippen molar-refractivity contribution in [1.82, 2.24) is 15.0 Å². The van der Waals surface area contributed by atoms with Gasteiger partial charge in [0.15, 0.2) is 0 Å². The lowest BCUT2D eigenvalue weighted by Gasteiger charge is -2.13. The van der Waals surface area contributed by atoms with Gasteiger partial charge in [0.05, 0.1) is 15.5 Å². The molecule has 1 amide bonds. The average Bonchev–Trinajstić information content (AvgIpc) is 2.65. The summed E-state index contributed by atoms with van der Waals surface area (Å²) >= 11 is 5.49. The second-order valence-electron chi connectivity index (χ2n) is 6.48. The van der Waals surface area contributed by atoms with E-state index in [1.807, 2.05) is 14.1 Å². The van der Waals surface area contributed by atoms with Crippen LogP contribution in [0.2, 0.25) is 5.02 Å². The number of carbonyl (C=O) groups excluding carboxylic acids is 1. The van der Waals surface area contributed by atoms with Crippen molar-refractivity contribution in [1.29, 1.82) is 0 Å². The van der Waals surface area contributed by atoms with Crippen LogP contribution < -0.4 is 14.9 Å². The van der Waals surface area contributed by atoms with Gasteiger partial charge in [-0.25, -0.2) is 18.1 Å². The Morgan fingerprint density at radius 2 is 1.90 bits per heavy atom. The Balaban J connectivity index is 1.91. The highest BCUT2D eigenvalue weighted by Gasteiger charge is 2.34. The van der Waals surface area contributed by atoms with Gasteiger partial charge < -0.3 is 10.2 Å². The summed E-state index contributed by atoms with van der Waals surface area (Å²) in [4.78, 5) is 17.3. The van der Waals surface area contributed by atoms with E-state index in [2.05, 4.69) is 15.0 Å². The Morgan fingerprint density at radius 3 is 2.53 bits per heavy atom. The summed E-state index contributed by atoms with van der Waals surface area (Å²) in [5, 5.41) is 2.04. The van der Waals surface area contributed by atoms with E-state index in [4.69, 9.17) is 11.6 Å². The molecular weight excluding hydrogens is 445 g/mol. The van der Waals surface area contributed by atoms with Crippen molar-refractivity contribution in [3.8, 4) is 0 Å². The minimum atomic E-state index is -4.79. The monoisotopic (exact) mass is 464 g/mol. The van der Waals surface area contributed by atoms with Crippen molar-refractivity contribution < 1.29 is 26.4 Å². The van der Waals surface area contributed by atoms with Crippen molar-refractivity contribution >= 4 is 33.3 Å². The predicted molar refractivity (Wildman–Crippen MR) is 107 cm³/mol. The van der Waals surface area contributed by atoms with Crippen LogP contribution in [0.25, 0.3) is 0 Å². The Bertz CT molecular complexity index is 1010. The van der Waals surface area contributed by atoms with E-state index in [1.165, 1.54) is 0 Å². The molecular formula is C18H20ClF3N4O3S. The molecule has 0 unspecified atom stereocenters. The topological polar surface area (TPSA) is 91.4 Å². The third-order valence-electron chi connectivity index (χ3n) is 3.96. The summed E-state index contributed by atoms with van der Waals surface area (Å²) in [5.41, 5.74) is -0.442. The first-order chi connectivity index (χ1) is 13.9. The molecule has 2 aromatic rings. The predicted octanol–water partition coefficient (Wildman–Crippen LogP) is 2.80. The van der Waals surface area contributed by atoms with Crippen molar-refractivity contribution in [3.63, 3.8) is 0 Å². The van der Waals surface area contributed by atoms with E-state index in [9.17, 15) is 26.4 Å². The van der Waals surface area contributed by atoms with Crippen LogP contribution >= 0.6 is 11.6 Å². The van der Waals surface area contributed by atoms with E-state index in [-0.39, 0.29) is 19.5 Å². The van der Waals surface area contributed by atoms with E-state index < -0.39 is 37.6 Å². The number of hydrogen-bond acceptors (Lipinski definition) is 5. The van der Waals surface area contributed by atoms with Crippen LogP contribution in [0.15, 0.2) is 41.4 Å². The molecule has 0 saturated carbocycles. The smallest absolute Gasteiger partial charge is 0.363 e. The molecule has 0 spiro atoms. The molecule has 1 aromatic heterocycles. The van der Waals surface area contributed by atoms with Gasteiger partial charge in [0, 0.05) is 39.8 Å². The Labute approximate surface area is 177 Å². The number of aromatic nitrogens is 1. The molecule has 1 aromatic carbocycles. The fourth-order valence-corrected chi connectivity index (χ4v) is 3.66. The quantitative estimate of drug-likeness (QED) is 0.627. The zero-order valence-corrected chi connectivity index (χ0v) is 17.7. The van der Waals surface area contributed by atoms with E-state index >= 15 is 0 Å². The second kappa shape index (κ2) is 9.63. The van der Waals surface area contributed by atoms with Gasteiger partial charge in [0.25, 0.3) is 0 Å². The van der Waals surface area contributed by atoms with Crippen LogP contribution in [0.3, 0.4) is 0 Å². The molecule has 7 nitrogen and oxygen atoms in total. The van der Waals surface area contributed by atoms with Crippen molar-refractivity contribution in [3.05, 3.63) is 52.7 Å². The summed E-state index contributed by atoms with van der Waals surface area (Å²) in [6.07, 6.45) is -3.38. The van der Waals surface area contributed by atoms with Gasteiger partial charge in [-0.15, -0.1) is 0 Å². The van der Waals surface area contributed by atoms with Crippen LogP contribution in [0.1, 0.15) is 17.5 Å². The third-order valence-corrected chi connectivity index (χ3v) is 5.74. The fraction of sp³-hybridized carbons (Fsp3) is 0.333. The number of rotatable bonds is 8. The van der Waals surface area contributed by atoms with Gasteiger partial charge in [0.1, 0.15) is 5.82 Å². The molecule has 2 N–H and O–H groups in total. The molecule has 2 rings (SSSR count). The first kappa shape index (κ1) is 23.9. The molecule has 12 heteroatoms. The summed E-state index contributed by atoms with van der Waals surface area (Å²) in [7, 11) is -0.583. The zero-order valence-electron chi connectivity index (χ0n) is 16.1. The summed E-state index contributed by atoms with van der Waals surface area (Å²) in [6.45, 7) is -0.0570. The molecule has 0 radical (unpaired) electrons. The summed E-state index contributed by atoms with van der Waals surface area (Å²) in [6, 6.07) is 5.81. The Morgan fingerprint density at radius 1 is 1.20 bits per heavy atom.